The predicted octanol–water partition coefficient (Wildman–Crippen LogP) is 4.14. The third-order valence-corrected chi connectivity index (χ3v) is 5.47. The number of ether oxygens (including phenoxy) is 1. The molecule has 1 aliphatic rings. The van der Waals surface area contributed by atoms with Crippen LogP contribution in [0.25, 0.3) is 0 Å². The first-order valence-corrected chi connectivity index (χ1v) is 10.6. The zero-order valence-corrected chi connectivity index (χ0v) is 17.6. The summed E-state index contributed by atoms with van der Waals surface area (Å²) in [5, 5.41) is 3.03. The van der Waals surface area contributed by atoms with Gasteiger partial charge in [0.25, 0.3) is 5.91 Å². The summed E-state index contributed by atoms with van der Waals surface area (Å²) in [4.78, 5) is 27.9. The average molecular weight is 415 g/mol. The highest BCUT2D eigenvalue weighted by molar-refractivity contribution is 6.01. The van der Waals surface area contributed by atoms with Crippen molar-refractivity contribution >= 4 is 11.8 Å². The van der Waals surface area contributed by atoms with Gasteiger partial charge in [-0.25, -0.2) is 0 Å². The number of nitrogens with zero attached hydrogens (tertiary/aromatic N) is 1. The van der Waals surface area contributed by atoms with Crippen molar-refractivity contribution in [3.8, 4) is 5.75 Å². The summed E-state index contributed by atoms with van der Waals surface area (Å²) >= 11 is 0. The van der Waals surface area contributed by atoms with Crippen molar-refractivity contribution in [3.63, 3.8) is 0 Å². The van der Waals surface area contributed by atoms with Crippen LogP contribution >= 0.6 is 0 Å². The average Bonchev–Trinajstić information content (AvgIpc) is 3.12. The third-order valence-electron chi connectivity index (χ3n) is 5.47. The summed E-state index contributed by atoms with van der Waals surface area (Å²) in [6, 6.07) is 24.3. The van der Waals surface area contributed by atoms with E-state index < -0.39 is 6.04 Å². The number of hydrogen-bond donors (Lipinski definition) is 1. The monoisotopic (exact) mass is 414 g/mol. The topological polar surface area (TPSA) is 58.6 Å². The van der Waals surface area contributed by atoms with Crippen molar-refractivity contribution < 1.29 is 14.3 Å². The number of nitrogens with one attached hydrogen (secondary N) is 1. The zero-order chi connectivity index (χ0) is 21.6. The molecule has 1 atom stereocenters. The van der Waals surface area contributed by atoms with E-state index in [9.17, 15) is 9.59 Å². The Morgan fingerprint density at radius 2 is 1.71 bits per heavy atom. The number of carbonyl (C=O) groups is 2. The minimum atomic E-state index is -0.665. The maximum absolute atomic E-state index is 13.2. The second kappa shape index (κ2) is 9.47. The van der Waals surface area contributed by atoms with Gasteiger partial charge in [-0.1, -0.05) is 60.7 Å². The second-order valence-corrected chi connectivity index (χ2v) is 7.52. The highest BCUT2D eigenvalue weighted by Gasteiger charge is 2.36. The molecule has 158 valence electrons. The molecular weight excluding hydrogens is 388 g/mol. The molecule has 0 unspecified atom stereocenters. The van der Waals surface area contributed by atoms with E-state index in [0.717, 1.165) is 22.4 Å². The number of carbonyl (C=O) groups excluding carboxylic acids is 2. The lowest BCUT2D eigenvalue weighted by molar-refractivity contribution is -0.125. The van der Waals surface area contributed by atoms with Crippen LogP contribution in [-0.2, 0) is 17.8 Å². The third kappa shape index (κ3) is 4.61. The molecule has 5 heteroatoms. The first kappa shape index (κ1) is 20.7. The minimum absolute atomic E-state index is 0.105. The Morgan fingerprint density at radius 1 is 1.00 bits per heavy atom. The van der Waals surface area contributed by atoms with Crippen LogP contribution in [0.3, 0.4) is 0 Å². The van der Waals surface area contributed by atoms with Gasteiger partial charge in [0.1, 0.15) is 11.8 Å². The Labute approximate surface area is 182 Å². The largest absolute Gasteiger partial charge is 0.494 e. The molecule has 0 aliphatic carbocycles. The van der Waals surface area contributed by atoms with Crippen LogP contribution < -0.4 is 10.1 Å². The maximum Gasteiger partial charge on any atom is 0.255 e. The SMILES string of the molecule is CCOc1ccc(CCNC(=O)[C@H](c2ccccc2)N2Cc3ccccc3C2=O)cc1. The molecule has 2 amide bonds. The van der Waals surface area contributed by atoms with Gasteiger partial charge in [0.2, 0.25) is 5.91 Å². The first-order valence-electron chi connectivity index (χ1n) is 10.6. The fourth-order valence-corrected chi connectivity index (χ4v) is 3.94. The zero-order valence-electron chi connectivity index (χ0n) is 17.6. The molecule has 3 aromatic carbocycles. The lowest BCUT2D eigenvalue weighted by atomic mass is 10.0. The van der Waals surface area contributed by atoms with Crippen molar-refractivity contribution in [1.82, 2.24) is 10.2 Å². The van der Waals surface area contributed by atoms with Crippen molar-refractivity contribution in [2.45, 2.75) is 25.9 Å². The molecule has 0 aromatic heterocycles. The lowest BCUT2D eigenvalue weighted by Gasteiger charge is -2.27. The molecule has 0 bridgehead atoms. The van der Waals surface area contributed by atoms with E-state index in [1.807, 2.05) is 85.8 Å². The van der Waals surface area contributed by atoms with Gasteiger partial charge in [0, 0.05) is 18.7 Å². The maximum atomic E-state index is 13.2. The van der Waals surface area contributed by atoms with Crippen molar-refractivity contribution in [3.05, 3.63) is 101 Å². The van der Waals surface area contributed by atoms with E-state index in [0.29, 0.717) is 31.7 Å². The van der Waals surface area contributed by atoms with Crippen LogP contribution in [0.15, 0.2) is 78.9 Å². The molecular formula is C26H26N2O3. The van der Waals surface area contributed by atoms with Crippen molar-refractivity contribution in [2.24, 2.45) is 0 Å². The van der Waals surface area contributed by atoms with Gasteiger partial charge in [0.05, 0.1) is 6.61 Å². The number of amides is 2. The van der Waals surface area contributed by atoms with E-state index in [4.69, 9.17) is 4.74 Å². The van der Waals surface area contributed by atoms with Crippen LogP contribution in [0.5, 0.6) is 5.75 Å². The van der Waals surface area contributed by atoms with Gasteiger partial charge in [0.15, 0.2) is 0 Å². The summed E-state index contributed by atoms with van der Waals surface area (Å²) in [5.74, 6) is 0.566. The van der Waals surface area contributed by atoms with Gasteiger partial charge >= 0.3 is 0 Å². The number of fused-ring (bicyclic) bond motifs is 1. The van der Waals surface area contributed by atoms with E-state index in [1.54, 1.807) is 4.90 Å². The smallest absolute Gasteiger partial charge is 0.255 e. The highest BCUT2D eigenvalue weighted by Crippen LogP contribution is 2.31. The molecule has 31 heavy (non-hydrogen) atoms. The van der Waals surface area contributed by atoms with Crippen LogP contribution in [0.4, 0.5) is 0 Å². The molecule has 5 nitrogen and oxygen atoms in total. The van der Waals surface area contributed by atoms with E-state index in [1.165, 1.54) is 0 Å². The van der Waals surface area contributed by atoms with Crippen LogP contribution in [-0.4, -0.2) is 29.9 Å². The lowest BCUT2D eigenvalue weighted by Crippen LogP contribution is -2.41. The Hall–Kier alpha value is -3.60. The van der Waals surface area contributed by atoms with E-state index >= 15 is 0 Å². The number of benzene rings is 3. The fraction of sp³-hybridized carbons (Fsp3) is 0.231. The Bertz CT molecular complexity index is 1050. The fourth-order valence-electron chi connectivity index (χ4n) is 3.94. The quantitative estimate of drug-likeness (QED) is 0.603. The van der Waals surface area contributed by atoms with Gasteiger partial charge < -0.3 is 15.0 Å². The highest BCUT2D eigenvalue weighted by atomic mass is 16.5. The second-order valence-electron chi connectivity index (χ2n) is 7.52. The molecule has 0 radical (unpaired) electrons. The van der Waals surface area contributed by atoms with Gasteiger partial charge in [-0.05, 0) is 48.2 Å². The molecule has 4 rings (SSSR count). The van der Waals surface area contributed by atoms with Crippen molar-refractivity contribution in [2.75, 3.05) is 13.2 Å². The standard InChI is InChI=1S/C26H26N2O3/c1-2-31-22-14-12-19(13-15-22)16-17-27-25(29)24(20-8-4-3-5-9-20)28-18-21-10-6-7-11-23(21)26(28)30/h3-15,24H,2,16-18H2,1H3,(H,27,29)/t24-/m0/s1. The normalized spacial score (nSPS) is 13.6. The summed E-state index contributed by atoms with van der Waals surface area (Å²) in [5.41, 5.74) is 3.55. The molecule has 0 fully saturated rings. The molecule has 0 saturated heterocycles. The summed E-state index contributed by atoms with van der Waals surface area (Å²) < 4.78 is 5.47. The van der Waals surface area contributed by atoms with E-state index in [2.05, 4.69) is 5.32 Å². The van der Waals surface area contributed by atoms with E-state index in [-0.39, 0.29) is 11.8 Å². The summed E-state index contributed by atoms with van der Waals surface area (Å²) in [7, 11) is 0. The van der Waals surface area contributed by atoms with Crippen LogP contribution in [0.1, 0.15) is 40.0 Å². The summed E-state index contributed by atoms with van der Waals surface area (Å²) in [6.07, 6.45) is 0.702. The predicted molar refractivity (Wildman–Crippen MR) is 120 cm³/mol. The number of rotatable bonds is 8. The molecule has 3 aromatic rings. The number of hydrogen-bond acceptors (Lipinski definition) is 3. The Kier molecular flexibility index (Phi) is 6.32. The van der Waals surface area contributed by atoms with Gasteiger partial charge in [-0.2, -0.15) is 0 Å². The Balaban J connectivity index is 1.46. The van der Waals surface area contributed by atoms with Crippen LogP contribution in [0.2, 0.25) is 0 Å². The molecule has 0 spiro atoms. The minimum Gasteiger partial charge on any atom is -0.494 e. The molecule has 1 heterocycles. The summed E-state index contributed by atoms with van der Waals surface area (Å²) in [6.45, 7) is 3.51. The van der Waals surface area contributed by atoms with Crippen LogP contribution in [0, 0.1) is 0 Å². The van der Waals surface area contributed by atoms with Gasteiger partial charge in [-0.3, -0.25) is 9.59 Å². The van der Waals surface area contributed by atoms with Crippen molar-refractivity contribution in [1.29, 1.82) is 0 Å². The van der Waals surface area contributed by atoms with Gasteiger partial charge in [-0.15, -0.1) is 0 Å². The Morgan fingerprint density at radius 3 is 2.42 bits per heavy atom. The molecule has 0 saturated carbocycles. The molecule has 1 N–H and O–H groups in total. The molecule has 1 aliphatic heterocycles. The first-order chi connectivity index (χ1) is 15.2.